The van der Waals surface area contributed by atoms with Crippen molar-refractivity contribution in [3.05, 3.63) is 70.6 Å². The van der Waals surface area contributed by atoms with Gasteiger partial charge in [0, 0.05) is 18.8 Å². The lowest BCUT2D eigenvalue weighted by Crippen LogP contribution is -2.55. The van der Waals surface area contributed by atoms with Gasteiger partial charge in [0.15, 0.2) is 11.5 Å². The van der Waals surface area contributed by atoms with Gasteiger partial charge in [-0.2, -0.15) is 0 Å². The van der Waals surface area contributed by atoms with E-state index in [1.165, 1.54) is 6.26 Å². The summed E-state index contributed by atoms with van der Waals surface area (Å²) in [6.45, 7) is 0.983. The van der Waals surface area contributed by atoms with E-state index in [-0.39, 0.29) is 5.91 Å². The first-order valence-corrected chi connectivity index (χ1v) is 10.9. The number of furan rings is 1. The molecule has 9 heteroatoms. The second-order valence-electron chi connectivity index (χ2n) is 8.08. The van der Waals surface area contributed by atoms with Crippen molar-refractivity contribution < 1.29 is 23.4 Å². The fourth-order valence-corrected chi connectivity index (χ4v) is 4.45. The van der Waals surface area contributed by atoms with Crippen LogP contribution in [0.25, 0.3) is 5.82 Å². The summed E-state index contributed by atoms with van der Waals surface area (Å²) in [6.07, 6.45) is 1.33. The van der Waals surface area contributed by atoms with E-state index in [1.54, 1.807) is 37.2 Å². The molecule has 2 aliphatic rings. The Kier molecular flexibility index (Phi) is 5.53. The predicted octanol–water partition coefficient (Wildman–Crippen LogP) is 1.38. The van der Waals surface area contributed by atoms with Crippen molar-refractivity contribution in [2.75, 3.05) is 32.8 Å². The summed E-state index contributed by atoms with van der Waals surface area (Å²) in [4.78, 5) is 22.0. The number of methoxy groups -OCH3 is 3. The second kappa shape index (κ2) is 8.66. The lowest BCUT2D eigenvalue weighted by molar-refractivity contribution is -0.133. The van der Waals surface area contributed by atoms with Crippen LogP contribution in [0.3, 0.4) is 0 Å². The van der Waals surface area contributed by atoms with E-state index in [1.807, 2.05) is 36.4 Å². The van der Waals surface area contributed by atoms with Crippen molar-refractivity contribution >= 4 is 17.4 Å². The fourth-order valence-electron chi connectivity index (χ4n) is 4.45. The number of ether oxygens (including phenoxy) is 3. The van der Waals surface area contributed by atoms with Crippen LogP contribution in [0.2, 0.25) is 0 Å². The van der Waals surface area contributed by atoms with Crippen molar-refractivity contribution in [3.63, 3.8) is 0 Å². The number of carbonyl (C=O) groups is 1. The monoisotopic (exact) mass is 462 g/mol. The molecule has 176 valence electrons. The Bertz CT molecular complexity index is 1350. The molecule has 1 aromatic heterocycles. The Labute approximate surface area is 196 Å². The Morgan fingerprint density at radius 3 is 2.41 bits per heavy atom. The third-order valence-electron chi connectivity index (χ3n) is 6.27. The van der Waals surface area contributed by atoms with Crippen molar-refractivity contribution in [2.24, 2.45) is 10.7 Å². The maximum Gasteiger partial charge on any atom is 0.268 e. The topological polar surface area (TPSA) is 103 Å². The Morgan fingerprint density at radius 1 is 1.03 bits per heavy atom. The molecule has 34 heavy (non-hydrogen) atoms. The molecule has 5 rings (SSSR count). The zero-order chi connectivity index (χ0) is 23.8. The SMILES string of the molecule is COc1ccc(N2C(N)=c3ccoc3=NC2C(=O)N2CCc3cc(OC)c(OC)cc3C2)cc1. The molecular formula is C25H26N4O5. The summed E-state index contributed by atoms with van der Waals surface area (Å²) in [7, 11) is 4.82. The maximum absolute atomic E-state index is 13.8. The lowest BCUT2D eigenvalue weighted by Gasteiger charge is -2.36. The summed E-state index contributed by atoms with van der Waals surface area (Å²) in [5.41, 5.74) is 9.76. The van der Waals surface area contributed by atoms with Crippen molar-refractivity contribution in [2.45, 2.75) is 19.1 Å². The van der Waals surface area contributed by atoms with Crippen LogP contribution >= 0.6 is 0 Å². The van der Waals surface area contributed by atoms with E-state index in [0.29, 0.717) is 53.4 Å². The zero-order valence-electron chi connectivity index (χ0n) is 19.3. The van der Waals surface area contributed by atoms with Crippen molar-refractivity contribution in [1.29, 1.82) is 0 Å². The first-order valence-electron chi connectivity index (χ1n) is 10.9. The standard InChI is InChI=1S/C25H26N4O5/c1-31-18-6-4-17(5-7-18)29-22(26)19-9-11-34-24(19)27-23(29)25(30)28-10-8-15-12-20(32-2)21(33-3)13-16(15)14-28/h4-7,9,11-13,23H,8,10,14,26H2,1-3H3. The van der Waals surface area contributed by atoms with Crippen LogP contribution in [0.4, 0.5) is 5.69 Å². The number of nitrogens with two attached hydrogens (primary N) is 1. The molecule has 1 unspecified atom stereocenters. The van der Waals surface area contributed by atoms with E-state index in [9.17, 15) is 4.79 Å². The molecule has 0 bridgehead atoms. The van der Waals surface area contributed by atoms with Gasteiger partial charge in [-0.15, -0.1) is 0 Å². The number of amides is 1. The van der Waals surface area contributed by atoms with Crippen LogP contribution in [0.1, 0.15) is 11.1 Å². The van der Waals surface area contributed by atoms with Crippen LogP contribution in [0.5, 0.6) is 17.2 Å². The fraction of sp³-hybridized carbons (Fsp3) is 0.280. The molecule has 2 aromatic carbocycles. The van der Waals surface area contributed by atoms with Gasteiger partial charge in [-0.1, -0.05) is 0 Å². The van der Waals surface area contributed by atoms with Crippen molar-refractivity contribution in [1.82, 2.24) is 4.90 Å². The van der Waals surface area contributed by atoms with Crippen LogP contribution in [0.15, 0.2) is 58.1 Å². The van der Waals surface area contributed by atoms with Gasteiger partial charge < -0.3 is 29.3 Å². The lowest BCUT2D eigenvalue weighted by atomic mass is 9.98. The van der Waals surface area contributed by atoms with Gasteiger partial charge in [0.25, 0.3) is 5.91 Å². The quantitative estimate of drug-likeness (QED) is 0.611. The first kappa shape index (κ1) is 21.7. The summed E-state index contributed by atoms with van der Waals surface area (Å²) < 4.78 is 21.7. The molecule has 0 fully saturated rings. The second-order valence-corrected chi connectivity index (χ2v) is 8.08. The number of anilines is 1. The highest BCUT2D eigenvalue weighted by Crippen LogP contribution is 2.34. The molecule has 1 amide bonds. The van der Waals surface area contributed by atoms with Gasteiger partial charge >= 0.3 is 0 Å². The van der Waals surface area contributed by atoms with Gasteiger partial charge in [-0.05, 0) is 60.0 Å². The average molecular weight is 463 g/mol. The number of fused-ring (bicyclic) bond motifs is 2. The molecule has 0 saturated heterocycles. The van der Waals surface area contributed by atoms with Gasteiger partial charge in [0.1, 0.15) is 11.6 Å². The number of rotatable bonds is 5. The van der Waals surface area contributed by atoms with E-state index in [0.717, 1.165) is 16.8 Å². The minimum absolute atomic E-state index is 0.166. The van der Waals surface area contributed by atoms with Gasteiger partial charge in [-0.3, -0.25) is 9.69 Å². The number of benzene rings is 2. The zero-order valence-corrected chi connectivity index (χ0v) is 19.3. The van der Waals surface area contributed by atoms with Gasteiger partial charge in [0.2, 0.25) is 11.7 Å². The molecule has 2 N–H and O–H groups in total. The predicted molar refractivity (Wildman–Crippen MR) is 125 cm³/mol. The minimum atomic E-state index is -0.895. The highest BCUT2D eigenvalue weighted by atomic mass is 16.5. The number of carbonyl (C=O) groups excluding carboxylic acids is 1. The highest BCUT2D eigenvalue weighted by Gasteiger charge is 2.36. The van der Waals surface area contributed by atoms with E-state index in [4.69, 9.17) is 24.4 Å². The Hall–Kier alpha value is -4.14. The van der Waals surface area contributed by atoms with Crippen LogP contribution in [-0.2, 0) is 17.8 Å². The van der Waals surface area contributed by atoms with Gasteiger partial charge in [-0.25, -0.2) is 4.99 Å². The average Bonchev–Trinajstić information content (AvgIpc) is 3.36. The van der Waals surface area contributed by atoms with Crippen LogP contribution in [-0.4, -0.2) is 44.8 Å². The van der Waals surface area contributed by atoms with E-state index >= 15 is 0 Å². The minimum Gasteiger partial charge on any atom is -0.497 e. The van der Waals surface area contributed by atoms with Crippen LogP contribution in [0, 0.1) is 0 Å². The number of hydrogen-bond donors (Lipinski definition) is 1. The van der Waals surface area contributed by atoms with Crippen LogP contribution < -0.4 is 35.6 Å². The molecule has 1 atom stereocenters. The third-order valence-corrected chi connectivity index (χ3v) is 6.27. The molecule has 0 radical (unpaired) electrons. The normalized spacial score (nSPS) is 16.9. The largest absolute Gasteiger partial charge is 0.497 e. The summed E-state index contributed by atoms with van der Waals surface area (Å²) >= 11 is 0. The molecule has 2 aliphatic heterocycles. The Balaban J connectivity index is 1.50. The number of nitrogens with zero attached hydrogens (tertiary/aromatic N) is 3. The van der Waals surface area contributed by atoms with E-state index in [2.05, 4.69) is 4.99 Å². The molecule has 9 nitrogen and oxygen atoms in total. The molecule has 3 aromatic rings. The molecule has 3 heterocycles. The number of hydrogen-bond acceptors (Lipinski definition) is 8. The Morgan fingerprint density at radius 2 is 1.74 bits per heavy atom. The maximum atomic E-state index is 13.8. The van der Waals surface area contributed by atoms with E-state index < -0.39 is 6.17 Å². The third kappa shape index (κ3) is 3.59. The van der Waals surface area contributed by atoms with Crippen molar-refractivity contribution in [3.8, 4) is 17.2 Å². The molecule has 0 saturated carbocycles. The van der Waals surface area contributed by atoms with Gasteiger partial charge in [0.05, 0.1) is 32.8 Å². The summed E-state index contributed by atoms with van der Waals surface area (Å²) in [5.74, 6) is 2.27. The molecule has 0 aliphatic carbocycles. The smallest absolute Gasteiger partial charge is 0.268 e. The highest BCUT2D eigenvalue weighted by molar-refractivity contribution is 5.89. The summed E-state index contributed by atoms with van der Waals surface area (Å²) in [5, 5.41) is 0.653. The summed E-state index contributed by atoms with van der Waals surface area (Å²) in [6, 6.07) is 13.0. The first-order chi connectivity index (χ1) is 16.5. The molecular weight excluding hydrogens is 436 g/mol. The molecule has 0 spiro atoms.